The normalized spacial score (nSPS) is 9.41. The maximum absolute atomic E-state index is 4.18. The van der Waals surface area contributed by atoms with Crippen LogP contribution in [0.4, 0.5) is 0 Å². The Morgan fingerprint density at radius 1 is 1.00 bits per heavy atom. The molecule has 2 aromatic heterocycles. The van der Waals surface area contributed by atoms with Crippen molar-refractivity contribution in [2.24, 2.45) is 0 Å². The lowest BCUT2D eigenvalue weighted by Crippen LogP contribution is -1.73. The summed E-state index contributed by atoms with van der Waals surface area (Å²) < 4.78 is 0. The first-order chi connectivity index (χ1) is 8.40. The molecule has 1 aromatic carbocycles. The second-order valence-corrected chi connectivity index (χ2v) is 3.37. The lowest BCUT2D eigenvalue weighted by Gasteiger charge is -1.91. The molecule has 3 heteroatoms. The molecule has 2 heterocycles. The van der Waals surface area contributed by atoms with Crippen LogP contribution in [0, 0.1) is 0 Å². The fraction of sp³-hybridized carbons (Fsp3) is 0. The fourth-order valence-corrected chi connectivity index (χ4v) is 1.41. The first-order valence-electron chi connectivity index (χ1n) is 5.32. The van der Waals surface area contributed by atoms with Crippen molar-refractivity contribution in [1.29, 1.82) is 0 Å². The third-order valence-electron chi connectivity index (χ3n) is 2.22. The Bertz CT molecular complexity index is 520. The van der Waals surface area contributed by atoms with E-state index < -0.39 is 0 Å². The average molecular weight is 223 g/mol. The number of hydrogen-bond acceptors (Lipinski definition) is 2. The van der Waals surface area contributed by atoms with E-state index in [1.54, 1.807) is 18.5 Å². The van der Waals surface area contributed by atoms with Gasteiger partial charge in [0, 0.05) is 24.0 Å². The Morgan fingerprint density at radius 2 is 1.82 bits per heavy atom. The highest BCUT2D eigenvalue weighted by Gasteiger charge is 1.86. The van der Waals surface area contributed by atoms with Gasteiger partial charge in [0.1, 0.15) is 5.82 Å². The molecule has 0 aliphatic heterocycles. The van der Waals surface area contributed by atoms with Gasteiger partial charge in [-0.25, -0.2) is 4.98 Å². The Kier molecular flexibility index (Phi) is 3.65. The molecule has 3 rings (SSSR count). The highest BCUT2D eigenvalue weighted by Crippen LogP contribution is 2.07. The van der Waals surface area contributed by atoms with Gasteiger partial charge in [0.25, 0.3) is 0 Å². The number of benzene rings is 1. The Labute approximate surface area is 99.9 Å². The molecule has 0 amide bonds. The van der Waals surface area contributed by atoms with Crippen molar-refractivity contribution in [3.63, 3.8) is 0 Å². The predicted molar refractivity (Wildman–Crippen MR) is 70.4 cm³/mol. The van der Waals surface area contributed by atoms with E-state index >= 15 is 0 Å². The van der Waals surface area contributed by atoms with E-state index in [9.17, 15) is 0 Å². The molecule has 0 aliphatic carbocycles. The van der Waals surface area contributed by atoms with E-state index in [1.165, 1.54) is 5.39 Å². The average Bonchev–Trinajstić information content (AvgIpc) is 2.93. The summed E-state index contributed by atoms with van der Waals surface area (Å²) in [5, 5.41) is 1.20. The van der Waals surface area contributed by atoms with Crippen LogP contribution in [0.5, 0.6) is 0 Å². The van der Waals surface area contributed by atoms with Crippen molar-refractivity contribution in [3.8, 4) is 0 Å². The van der Waals surface area contributed by atoms with E-state index in [2.05, 4.69) is 33.7 Å². The van der Waals surface area contributed by atoms with Crippen molar-refractivity contribution >= 4 is 17.0 Å². The van der Waals surface area contributed by atoms with Crippen molar-refractivity contribution in [3.05, 3.63) is 67.4 Å². The first kappa shape index (κ1) is 11.1. The number of imidazole rings is 1. The summed E-state index contributed by atoms with van der Waals surface area (Å²) in [7, 11) is 0. The third-order valence-corrected chi connectivity index (χ3v) is 2.22. The van der Waals surface area contributed by atoms with Crippen LogP contribution in [-0.4, -0.2) is 15.0 Å². The summed E-state index contributed by atoms with van der Waals surface area (Å²) in [5.74, 6) is 0.819. The molecule has 3 nitrogen and oxygen atoms in total. The molecule has 0 spiro atoms. The number of pyridine rings is 1. The summed E-state index contributed by atoms with van der Waals surface area (Å²) >= 11 is 0. The highest BCUT2D eigenvalue weighted by molar-refractivity contribution is 5.77. The largest absolute Gasteiger partial charge is 0.345 e. The quantitative estimate of drug-likeness (QED) is 0.687. The molecule has 17 heavy (non-hydrogen) atoms. The van der Waals surface area contributed by atoms with Crippen LogP contribution in [0.15, 0.2) is 61.6 Å². The van der Waals surface area contributed by atoms with Crippen LogP contribution < -0.4 is 0 Å². The second kappa shape index (κ2) is 5.61. The van der Waals surface area contributed by atoms with E-state index in [0.717, 1.165) is 11.3 Å². The van der Waals surface area contributed by atoms with Crippen LogP contribution in [0.3, 0.4) is 0 Å². The number of aromatic nitrogens is 3. The number of H-pyrrole nitrogens is 1. The second-order valence-electron chi connectivity index (χ2n) is 3.37. The van der Waals surface area contributed by atoms with E-state index in [4.69, 9.17) is 0 Å². The zero-order chi connectivity index (χ0) is 11.9. The minimum Gasteiger partial charge on any atom is -0.345 e. The molecule has 0 fully saturated rings. The molecule has 0 saturated heterocycles. The van der Waals surface area contributed by atoms with Gasteiger partial charge in [-0.2, -0.15) is 0 Å². The number of fused-ring (bicyclic) bond motifs is 1. The van der Waals surface area contributed by atoms with Crippen molar-refractivity contribution in [1.82, 2.24) is 15.0 Å². The number of nitrogens with one attached hydrogen (secondary N) is 1. The number of nitrogens with zero attached hydrogens (tertiary/aromatic N) is 2. The Balaban J connectivity index is 0.000000136. The molecular weight excluding hydrogens is 210 g/mol. The van der Waals surface area contributed by atoms with Crippen LogP contribution in [0.25, 0.3) is 17.0 Å². The molecule has 0 radical (unpaired) electrons. The SMILES string of the molecule is C=Cc1ncc[nH]1.c1ccc2ncccc2c1. The van der Waals surface area contributed by atoms with Gasteiger partial charge in [-0.1, -0.05) is 30.8 Å². The highest BCUT2D eigenvalue weighted by atomic mass is 14.9. The maximum atomic E-state index is 4.18. The molecule has 0 saturated carbocycles. The minimum atomic E-state index is 0.819. The molecular formula is C14H13N3. The van der Waals surface area contributed by atoms with Crippen LogP contribution in [0.2, 0.25) is 0 Å². The lowest BCUT2D eigenvalue weighted by atomic mass is 10.2. The zero-order valence-corrected chi connectivity index (χ0v) is 9.38. The van der Waals surface area contributed by atoms with Crippen LogP contribution in [0.1, 0.15) is 5.82 Å². The fourth-order valence-electron chi connectivity index (χ4n) is 1.41. The summed E-state index contributed by atoms with van der Waals surface area (Å²) in [6, 6.07) is 12.1. The molecule has 1 N–H and O–H groups in total. The number of rotatable bonds is 1. The Hall–Kier alpha value is -2.42. The van der Waals surface area contributed by atoms with Crippen molar-refractivity contribution in [2.45, 2.75) is 0 Å². The standard InChI is InChI=1S/C9H7N.C5H6N2/c1-2-6-9-8(4-1)5-3-7-10-9;1-2-5-6-3-4-7-5/h1-7H;2-4H,1H2,(H,6,7). The van der Waals surface area contributed by atoms with E-state index in [0.29, 0.717) is 0 Å². The summed E-state index contributed by atoms with van der Waals surface area (Å²) in [6.45, 7) is 3.51. The maximum Gasteiger partial charge on any atom is 0.129 e. The number of hydrogen-bond donors (Lipinski definition) is 1. The lowest BCUT2D eigenvalue weighted by molar-refractivity contribution is 1.27. The molecule has 0 bridgehead atoms. The van der Waals surface area contributed by atoms with Crippen molar-refractivity contribution < 1.29 is 0 Å². The topological polar surface area (TPSA) is 41.6 Å². The molecule has 0 aliphatic rings. The zero-order valence-electron chi connectivity index (χ0n) is 9.38. The van der Waals surface area contributed by atoms with Gasteiger partial charge in [-0.05, 0) is 18.2 Å². The van der Waals surface area contributed by atoms with Gasteiger partial charge in [0.15, 0.2) is 0 Å². The van der Waals surface area contributed by atoms with Gasteiger partial charge in [-0.3, -0.25) is 4.98 Å². The van der Waals surface area contributed by atoms with Gasteiger partial charge < -0.3 is 4.98 Å². The summed E-state index contributed by atoms with van der Waals surface area (Å²) in [6.07, 6.45) is 6.93. The van der Waals surface area contributed by atoms with E-state index in [1.807, 2.05) is 30.5 Å². The van der Waals surface area contributed by atoms with Gasteiger partial charge in [-0.15, -0.1) is 0 Å². The van der Waals surface area contributed by atoms with Gasteiger partial charge in [0.05, 0.1) is 5.52 Å². The minimum absolute atomic E-state index is 0.819. The molecule has 84 valence electrons. The summed E-state index contributed by atoms with van der Waals surface area (Å²) in [4.78, 5) is 10.9. The predicted octanol–water partition coefficient (Wildman–Crippen LogP) is 3.29. The van der Waals surface area contributed by atoms with Crippen molar-refractivity contribution in [2.75, 3.05) is 0 Å². The molecule has 3 aromatic rings. The third kappa shape index (κ3) is 3.01. The smallest absolute Gasteiger partial charge is 0.129 e. The first-order valence-corrected chi connectivity index (χ1v) is 5.32. The van der Waals surface area contributed by atoms with Gasteiger partial charge in [0.2, 0.25) is 0 Å². The van der Waals surface area contributed by atoms with Gasteiger partial charge >= 0.3 is 0 Å². The van der Waals surface area contributed by atoms with Crippen LogP contribution >= 0.6 is 0 Å². The monoisotopic (exact) mass is 223 g/mol. The summed E-state index contributed by atoms with van der Waals surface area (Å²) in [5.41, 5.74) is 1.06. The number of aromatic amines is 1. The van der Waals surface area contributed by atoms with Crippen LogP contribution in [-0.2, 0) is 0 Å². The Morgan fingerprint density at radius 3 is 2.47 bits per heavy atom. The van der Waals surface area contributed by atoms with E-state index in [-0.39, 0.29) is 0 Å². The molecule has 0 unspecified atom stereocenters. The molecule has 0 atom stereocenters. The number of para-hydroxylation sites is 1.